The van der Waals surface area contributed by atoms with Gasteiger partial charge in [0.25, 0.3) is 0 Å². The molecular weight excluding hydrogens is 156 g/mol. The smallest absolute Gasteiger partial charge is 0.138 e. The molecule has 3 heterocycles. The summed E-state index contributed by atoms with van der Waals surface area (Å²) in [5.41, 5.74) is 1.18. The molecule has 3 rings (SSSR count). The molecule has 2 unspecified atom stereocenters. The zero-order valence-corrected chi connectivity index (χ0v) is 6.66. The van der Waals surface area contributed by atoms with Crippen molar-refractivity contribution >= 4 is 0 Å². The van der Waals surface area contributed by atoms with Gasteiger partial charge in [-0.05, 0) is 6.07 Å². The van der Waals surface area contributed by atoms with E-state index in [0.29, 0.717) is 0 Å². The van der Waals surface area contributed by atoms with Crippen molar-refractivity contribution in [3.63, 3.8) is 0 Å². The third-order valence-corrected chi connectivity index (χ3v) is 2.40. The van der Waals surface area contributed by atoms with Crippen molar-refractivity contribution in [2.24, 2.45) is 0 Å². The molecule has 1 aromatic rings. The SMILES string of the molecule is c1cc(C2CO2)c(C2CCO2)o1. The summed E-state index contributed by atoms with van der Waals surface area (Å²) in [5, 5.41) is 0. The minimum absolute atomic E-state index is 0.194. The summed E-state index contributed by atoms with van der Waals surface area (Å²) in [4.78, 5) is 0. The molecule has 3 nitrogen and oxygen atoms in total. The summed E-state index contributed by atoms with van der Waals surface area (Å²) < 4.78 is 15.9. The molecule has 0 N–H and O–H groups in total. The molecule has 64 valence electrons. The maximum atomic E-state index is 5.36. The van der Waals surface area contributed by atoms with E-state index in [2.05, 4.69) is 0 Å². The van der Waals surface area contributed by atoms with Gasteiger partial charge in [0.1, 0.15) is 18.0 Å². The first-order valence-electron chi connectivity index (χ1n) is 4.25. The van der Waals surface area contributed by atoms with E-state index in [4.69, 9.17) is 13.9 Å². The Labute approximate surface area is 70.3 Å². The van der Waals surface area contributed by atoms with Crippen molar-refractivity contribution in [3.8, 4) is 0 Å². The highest BCUT2D eigenvalue weighted by molar-refractivity contribution is 5.25. The second-order valence-electron chi connectivity index (χ2n) is 3.21. The predicted octanol–water partition coefficient (Wildman–Crippen LogP) is 1.81. The van der Waals surface area contributed by atoms with Gasteiger partial charge in [-0.2, -0.15) is 0 Å². The van der Waals surface area contributed by atoms with Crippen LogP contribution in [0.25, 0.3) is 0 Å². The van der Waals surface area contributed by atoms with E-state index in [0.717, 1.165) is 25.4 Å². The number of hydrogen-bond donors (Lipinski definition) is 0. The lowest BCUT2D eigenvalue weighted by atomic mass is 10.1. The first-order valence-corrected chi connectivity index (χ1v) is 4.25. The Bertz CT molecular complexity index is 284. The van der Waals surface area contributed by atoms with Gasteiger partial charge in [0, 0.05) is 12.0 Å². The Balaban J connectivity index is 1.91. The summed E-state index contributed by atoms with van der Waals surface area (Å²) in [6.45, 7) is 1.69. The Hall–Kier alpha value is -0.800. The maximum Gasteiger partial charge on any atom is 0.138 e. The minimum Gasteiger partial charge on any atom is -0.466 e. The van der Waals surface area contributed by atoms with Gasteiger partial charge in [0.05, 0.1) is 19.5 Å². The third-order valence-electron chi connectivity index (χ3n) is 2.40. The van der Waals surface area contributed by atoms with Gasteiger partial charge in [-0.1, -0.05) is 0 Å². The molecule has 12 heavy (non-hydrogen) atoms. The van der Waals surface area contributed by atoms with E-state index < -0.39 is 0 Å². The molecule has 0 spiro atoms. The van der Waals surface area contributed by atoms with Crippen LogP contribution in [-0.2, 0) is 9.47 Å². The molecule has 0 amide bonds. The highest BCUT2D eigenvalue weighted by atomic mass is 16.6. The average Bonchev–Trinajstić information content (AvgIpc) is 2.70. The molecule has 2 atom stereocenters. The largest absolute Gasteiger partial charge is 0.466 e. The first-order chi connectivity index (χ1) is 5.95. The van der Waals surface area contributed by atoms with Crippen molar-refractivity contribution < 1.29 is 13.9 Å². The van der Waals surface area contributed by atoms with Gasteiger partial charge < -0.3 is 13.9 Å². The van der Waals surface area contributed by atoms with Crippen LogP contribution in [0.1, 0.15) is 30.0 Å². The van der Waals surface area contributed by atoms with E-state index in [9.17, 15) is 0 Å². The second kappa shape index (κ2) is 2.34. The molecular formula is C9H10O3. The Morgan fingerprint density at radius 1 is 1.25 bits per heavy atom. The number of furan rings is 1. The van der Waals surface area contributed by atoms with Crippen molar-refractivity contribution in [2.45, 2.75) is 18.6 Å². The molecule has 2 aliphatic rings. The third kappa shape index (κ3) is 0.901. The number of ether oxygens (including phenoxy) is 2. The van der Waals surface area contributed by atoms with Gasteiger partial charge in [-0.25, -0.2) is 0 Å². The van der Waals surface area contributed by atoms with E-state index >= 15 is 0 Å². The highest BCUT2D eigenvalue weighted by Crippen LogP contribution is 2.39. The predicted molar refractivity (Wildman–Crippen MR) is 40.7 cm³/mol. The lowest BCUT2D eigenvalue weighted by molar-refractivity contribution is -0.0653. The fourth-order valence-corrected chi connectivity index (χ4v) is 1.53. The monoisotopic (exact) mass is 166 g/mol. The Kier molecular flexibility index (Phi) is 1.31. The van der Waals surface area contributed by atoms with Gasteiger partial charge in [0.2, 0.25) is 0 Å². The van der Waals surface area contributed by atoms with Crippen LogP contribution >= 0.6 is 0 Å². The van der Waals surface area contributed by atoms with Crippen molar-refractivity contribution in [1.29, 1.82) is 0 Å². The topological polar surface area (TPSA) is 34.9 Å². The molecule has 1 aromatic heterocycles. The zero-order valence-electron chi connectivity index (χ0n) is 6.66. The van der Waals surface area contributed by atoms with E-state index in [1.807, 2.05) is 6.07 Å². The Morgan fingerprint density at radius 2 is 2.08 bits per heavy atom. The lowest BCUT2D eigenvalue weighted by Gasteiger charge is -2.25. The quantitative estimate of drug-likeness (QED) is 0.628. The molecule has 0 bridgehead atoms. The van der Waals surface area contributed by atoms with Crippen LogP contribution in [0.5, 0.6) is 0 Å². The lowest BCUT2D eigenvalue weighted by Crippen LogP contribution is -2.18. The average molecular weight is 166 g/mol. The Morgan fingerprint density at radius 3 is 2.67 bits per heavy atom. The number of rotatable bonds is 2. The van der Waals surface area contributed by atoms with Gasteiger partial charge >= 0.3 is 0 Å². The van der Waals surface area contributed by atoms with Crippen LogP contribution in [0.3, 0.4) is 0 Å². The van der Waals surface area contributed by atoms with Crippen LogP contribution in [0.15, 0.2) is 16.7 Å². The van der Waals surface area contributed by atoms with Crippen LogP contribution in [0.4, 0.5) is 0 Å². The van der Waals surface area contributed by atoms with Crippen LogP contribution in [0.2, 0.25) is 0 Å². The van der Waals surface area contributed by atoms with E-state index in [1.165, 1.54) is 5.56 Å². The molecule has 0 aliphatic carbocycles. The summed E-state index contributed by atoms with van der Waals surface area (Å²) >= 11 is 0. The van der Waals surface area contributed by atoms with Gasteiger partial charge in [-0.3, -0.25) is 0 Å². The van der Waals surface area contributed by atoms with Crippen molar-refractivity contribution in [3.05, 3.63) is 23.7 Å². The van der Waals surface area contributed by atoms with Crippen LogP contribution < -0.4 is 0 Å². The summed E-state index contributed by atoms with van der Waals surface area (Å²) in [6, 6.07) is 1.98. The molecule has 2 fully saturated rings. The summed E-state index contributed by atoms with van der Waals surface area (Å²) in [6.07, 6.45) is 3.27. The fraction of sp³-hybridized carbons (Fsp3) is 0.556. The molecule has 3 heteroatoms. The number of epoxide rings is 1. The summed E-state index contributed by atoms with van der Waals surface area (Å²) in [7, 11) is 0. The minimum atomic E-state index is 0.194. The second-order valence-corrected chi connectivity index (χ2v) is 3.21. The molecule has 0 aromatic carbocycles. The highest BCUT2D eigenvalue weighted by Gasteiger charge is 2.34. The number of hydrogen-bond acceptors (Lipinski definition) is 3. The summed E-state index contributed by atoms with van der Waals surface area (Å²) in [5.74, 6) is 0.976. The maximum absolute atomic E-state index is 5.36. The first kappa shape index (κ1) is 6.69. The van der Waals surface area contributed by atoms with Gasteiger partial charge in [0.15, 0.2) is 0 Å². The van der Waals surface area contributed by atoms with E-state index in [-0.39, 0.29) is 12.2 Å². The molecule has 2 aliphatic heterocycles. The van der Waals surface area contributed by atoms with E-state index in [1.54, 1.807) is 6.26 Å². The van der Waals surface area contributed by atoms with Gasteiger partial charge in [-0.15, -0.1) is 0 Å². The molecule has 2 saturated heterocycles. The van der Waals surface area contributed by atoms with Crippen LogP contribution in [0, 0.1) is 0 Å². The van der Waals surface area contributed by atoms with Crippen molar-refractivity contribution in [1.82, 2.24) is 0 Å². The fourth-order valence-electron chi connectivity index (χ4n) is 1.53. The van der Waals surface area contributed by atoms with Crippen LogP contribution in [-0.4, -0.2) is 13.2 Å². The normalized spacial score (nSPS) is 33.0. The standard InChI is InChI=1S/C9H10O3/c1-3-11-9(7-2-4-10-7)6(1)8-5-12-8/h1,3,7-8H,2,4-5H2. The molecule has 0 radical (unpaired) electrons. The molecule has 0 saturated carbocycles. The van der Waals surface area contributed by atoms with Crippen molar-refractivity contribution in [2.75, 3.05) is 13.2 Å². The zero-order chi connectivity index (χ0) is 7.97.